The van der Waals surface area contributed by atoms with Gasteiger partial charge in [-0.2, -0.15) is 0 Å². The standard InChI is InChI=1S/C62H66O11/c1-65-61(63)59(72-46-53-33-19-7-20-34-53)57(70-44-51-29-15-5-16-30-51)56(69-43-50-27-13-4-14-28-50)38-40-67-62(64)60(73-47-54-35-21-8-22-36-54)58(71-45-52-31-17-6-18-32-52)55(68-42-49-25-11-3-12-26-49)37-39-66-41-48-23-9-2-10-24-48/h2-36,55-56,61-64H,37-47H2,1H3/b59-57+,60-58+/t55-,56-,61-,62-/m1/s1. The van der Waals surface area contributed by atoms with Gasteiger partial charge in [-0.25, -0.2) is 0 Å². The van der Waals surface area contributed by atoms with Crippen LogP contribution in [0.2, 0.25) is 0 Å². The van der Waals surface area contributed by atoms with Gasteiger partial charge in [-0.1, -0.05) is 212 Å². The first-order valence-corrected chi connectivity index (χ1v) is 24.6. The van der Waals surface area contributed by atoms with E-state index in [9.17, 15) is 10.2 Å². The van der Waals surface area contributed by atoms with E-state index < -0.39 is 24.8 Å². The Morgan fingerprint density at radius 2 is 0.589 bits per heavy atom. The average molecular weight is 987 g/mol. The van der Waals surface area contributed by atoms with Gasteiger partial charge in [0, 0.05) is 26.6 Å². The van der Waals surface area contributed by atoms with E-state index in [1.54, 1.807) is 0 Å². The van der Waals surface area contributed by atoms with Gasteiger partial charge >= 0.3 is 0 Å². The summed E-state index contributed by atoms with van der Waals surface area (Å²) in [6.07, 6.45) is -4.35. The van der Waals surface area contributed by atoms with Gasteiger partial charge in [-0.05, 0) is 38.9 Å². The van der Waals surface area contributed by atoms with Gasteiger partial charge in [0.15, 0.2) is 23.0 Å². The summed E-state index contributed by atoms with van der Waals surface area (Å²) in [6, 6.07) is 68.3. The lowest BCUT2D eigenvalue weighted by Gasteiger charge is -2.28. The van der Waals surface area contributed by atoms with Crippen LogP contribution in [-0.4, -0.2) is 55.3 Å². The molecule has 0 unspecified atom stereocenters. The fourth-order valence-corrected chi connectivity index (χ4v) is 7.66. The lowest BCUT2D eigenvalue weighted by molar-refractivity contribution is -0.125. The first kappa shape index (κ1) is 53.7. The van der Waals surface area contributed by atoms with Gasteiger partial charge in [-0.15, -0.1) is 0 Å². The quantitative estimate of drug-likeness (QED) is 0.0238. The van der Waals surface area contributed by atoms with Gasteiger partial charge in [0.25, 0.3) is 0 Å². The Morgan fingerprint density at radius 1 is 0.315 bits per heavy atom. The summed E-state index contributed by atoms with van der Waals surface area (Å²) in [5.74, 6) is 0.545. The van der Waals surface area contributed by atoms with Gasteiger partial charge in [0.05, 0.1) is 26.4 Å². The van der Waals surface area contributed by atoms with E-state index in [1.807, 2.05) is 212 Å². The number of methoxy groups -OCH3 is 1. The molecule has 0 aliphatic carbocycles. The van der Waals surface area contributed by atoms with Crippen LogP contribution in [0.4, 0.5) is 0 Å². The largest absolute Gasteiger partial charge is 0.487 e. The van der Waals surface area contributed by atoms with Crippen LogP contribution in [0.3, 0.4) is 0 Å². The molecule has 0 aliphatic rings. The molecule has 0 amide bonds. The Bertz CT molecular complexity index is 2620. The zero-order valence-electron chi connectivity index (χ0n) is 41.4. The zero-order chi connectivity index (χ0) is 50.6. The Labute approximate surface area is 429 Å². The first-order chi connectivity index (χ1) is 36.0. The molecule has 0 saturated carbocycles. The molecule has 0 radical (unpaired) electrons. The van der Waals surface area contributed by atoms with E-state index in [0.717, 1.165) is 38.9 Å². The molecule has 0 spiro atoms. The molecule has 0 aromatic heterocycles. The van der Waals surface area contributed by atoms with Crippen LogP contribution in [0.25, 0.3) is 0 Å². The molecule has 0 heterocycles. The molecule has 7 aromatic carbocycles. The van der Waals surface area contributed by atoms with Crippen molar-refractivity contribution in [2.45, 2.75) is 83.9 Å². The summed E-state index contributed by atoms with van der Waals surface area (Å²) in [6.45, 7) is 1.50. The molecule has 73 heavy (non-hydrogen) atoms. The smallest absolute Gasteiger partial charge is 0.217 e. The second-order valence-corrected chi connectivity index (χ2v) is 17.1. The van der Waals surface area contributed by atoms with Crippen molar-refractivity contribution in [1.82, 2.24) is 0 Å². The third-order valence-electron chi connectivity index (χ3n) is 11.6. The number of hydrogen-bond donors (Lipinski definition) is 2. The summed E-state index contributed by atoms with van der Waals surface area (Å²) in [5.41, 5.74) is 6.41. The summed E-state index contributed by atoms with van der Waals surface area (Å²) in [4.78, 5) is 0. The molecule has 0 bridgehead atoms. The van der Waals surface area contributed by atoms with Crippen molar-refractivity contribution in [3.05, 3.63) is 274 Å². The molecule has 380 valence electrons. The van der Waals surface area contributed by atoms with Crippen LogP contribution >= 0.6 is 0 Å². The zero-order valence-corrected chi connectivity index (χ0v) is 41.4. The third kappa shape index (κ3) is 18.5. The maximum Gasteiger partial charge on any atom is 0.217 e. The molecular weight excluding hydrogens is 921 g/mol. The molecule has 11 heteroatoms. The maximum absolute atomic E-state index is 12.4. The molecule has 4 atom stereocenters. The van der Waals surface area contributed by atoms with Crippen molar-refractivity contribution in [3.8, 4) is 0 Å². The predicted molar refractivity (Wildman–Crippen MR) is 279 cm³/mol. The van der Waals surface area contributed by atoms with E-state index >= 15 is 0 Å². The Kier molecular flexibility index (Phi) is 22.6. The van der Waals surface area contributed by atoms with E-state index in [-0.39, 0.29) is 75.7 Å². The Morgan fingerprint density at radius 3 is 0.918 bits per heavy atom. The van der Waals surface area contributed by atoms with E-state index in [4.69, 9.17) is 42.6 Å². The minimum atomic E-state index is -1.66. The lowest BCUT2D eigenvalue weighted by atomic mass is 10.1. The number of rotatable bonds is 32. The van der Waals surface area contributed by atoms with Gasteiger partial charge < -0.3 is 52.8 Å². The van der Waals surface area contributed by atoms with Crippen molar-refractivity contribution < 1.29 is 52.8 Å². The van der Waals surface area contributed by atoms with Crippen LogP contribution < -0.4 is 0 Å². The van der Waals surface area contributed by atoms with Crippen LogP contribution in [0, 0.1) is 0 Å². The molecule has 0 aliphatic heterocycles. The minimum absolute atomic E-state index is 0.0390. The van der Waals surface area contributed by atoms with Gasteiger partial charge in [-0.3, -0.25) is 0 Å². The SMILES string of the molecule is CO[C@@H](O)/C(OCc1ccccc1)=C(\OCc1ccccc1)[C@@H](CCO[C@@H](O)/C(OCc1ccccc1)=C(\OCc1ccccc1)[C@@H](CCOCc1ccccc1)OCc1ccccc1)OCc1ccccc1. The van der Waals surface area contributed by atoms with Crippen molar-refractivity contribution >= 4 is 0 Å². The fourth-order valence-electron chi connectivity index (χ4n) is 7.66. The number of aliphatic hydroxyl groups is 2. The van der Waals surface area contributed by atoms with Crippen molar-refractivity contribution in [2.75, 3.05) is 20.3 Å². The molecule has 0 saturated heterocycles. The summed E-state index contributed by atoms with van der Waals surface area (Å²) in [5, 5.41) is 23.9. The topological polar surface area (TPSA) is 124 Å². The minimum Gasteiger partial charge on any atom is -0.487 e. The van der Waals surface area contributed by atoms with Gasteiger partial charge in [0.2, 0.25) is 12.6 Å². The highest BCUT2D eigenvalue weighted by Gasteiger charge is 2.31. The highest BCUT2D eigenvalue weighted by molar-refractivity contribution is 5.22. The lowest BCUT2D eigenvalue weighted by Crippen LogP contribution is -2.30. The second-order valence-electron chi connectivity index (χ2n) is 17.1. The van der Waals surface area contributed by atoms with E-state index in [2.05, 4.69) is 0 Å². The monoisotopic (exact) mass is 986 g/mol. The molecule has 0 fully saturated rings. The average Bonchev–Trinajstić information content (AvgIpc) is 3.45. The van der Waals surface area contributed by atoms with Crippen LogP contribution in [0.1, 0.15) is 51.8 Å². The predicted octanol–water partition coefficient (Wildman–Crippen LogP) is 11.7. The summed E-state index contributed by atoms with van der Waals surface area (Å²) < 4.78 is 58.0. The van der Waals surface area contributed by atoms with Crippen LogP contribution in [0.5, 0.6) is 0 Å². The third-order valence-corrected chi connectivity index (χ3v) is 11.6. The van der Waals surface area contributed by atoms with E-state index in [1.165, 1.54) is 7.11 Å². The summed E-state index contributed by atoms with van der Waals surface area (Å²) in [7, 11) is 1.39. The van der Waals surface area contributed by atoms with Gasteiger partial charge in [0.1, 0.15) is 38.6 Å². The molecular formula is C62H66O11. The number of benzene rings is 7. The number of ether oxygens (including phenoxy) is 9. The van der Waals surface area contributed by atoms with Crippen LogP contribution in [0.15, 0.2) is 235 Å². The van der Waals surface area contributed by atoms with Crippen molar-refractivity contribution in [2.24, 2.45) is 0 Å². The normalized spacial score (nSPS) is 13.7. The Balaban J connectivity index is 1.23. The van der Waals surface area contributed by atoms with Crippen LogP contribution in [-0.2, 0) is 88.9 Å². The highest BCUT2D eigenvalue weighted by Crippen LogP contribution is 2.29. The molecule has 2 N–H and O–H groups in total. The molecule has 7 rings (SSSR count). The van der Waals surface area contributed by atoms with Crippen molar-refractivity contribution in [1.29, 1.82) is 0 Å². The summed E-state index contributed by atoms with van der Waals surface area (Å²) >= 11 is 0. The Hall–Kier alpha value is -7.06. The highest BCUT2D eigenvalue weighted by atomic mass is 16.6. The molecule has 7 aromatic rings. The second kappa shape index (κ2) is 30.7. The van der Waals surface area contributed by atoms with E-state index in [0.29, 0.717) is 19.6 Å². The fraction of sp³-hybridized carbons (Fsp3) is 0.258. The number of hydrogen-bond acceptors (Lipinski definition) is 11. The van der Waals surface area contributed by atoms with Crippen molar-refractivity contribution in [3.63, 3.8) is 0 Å². The molecule has 11 nitrogen and oxygen atoms in total. The number of aliphatic hydroxyl groups excluding tert-OH is 2. The first-order valence-electron chi connectivity index (χ1n) is 24.6. The maximum atomic E-state index is 12.4.